The van der Waals surface area contributed by atoms with Crippen molar-refractivity contribution in [1.82, 2.24) is 0 Å². The second kappa shape index (κ2) is 13.4. The zero-order valence-corrected chi connectivity index (χ0v) is 20.1. The minimum Gasteiger partial charge on any atom is -0.455 e. The molecule has 0 N–H and O–H groups in total. The van der Waals surface area contributed by atoms with Crippen LogP contribution < -0.4 is 0 Å². The first kappa shape index (κ1) is 27.9. The highest BCUT2D eigenvalue weighted by Gasteiger charge is 2.61. The Labute approximate surface area is 190 Å². The lowest BCUT2D eigenvalue weighted by Gasteiger charge is -2.49. The Morgan fingerprint density at radius 2 is 1.09 bits per heavy atom. The van der Waals surface area contributed by atoms with Crippen molar-refractivity contribution in [3.8, 4) is 0 Å². The summed E-state index contributed by atoms with van der Waals surface area (Å²) in [5.41, 5.74) is -1.62. The van der Waals surface area contributed by atoms with Crippen molar-refractivity contribution in [1.29, 1.82) is 0 Å². The number of hydrogen-bond donors (Lipinski definition) is 0. The van der Waals surface area contributed by atoms with Crippen LogP contribution in [0.15, 0.2) is 0 Å². The Kier molecular flexibility index (Phi) is 11.7. The molecular formula is C23H38O9. The first-order chi connectivity index (χ1) is 15.1. The maximum Gasteiger partial charge on any atom is 0.308 e. The van der Waals surface area contributed by atoms with Gasteiger partial charge in [0.25, 0.3) is 0 Å². The van der Waals surface area contributed by atoms with Gasteiger partial charge >= 0.3 is 23.9 Å². The van der Waals surface area contributed by atoms with Crippen LogP contribution in [0.4, 0.5) is 0 Å². The van der Waals surface area contributed by atoms with Gasteiger partial charge < -0.3 is 23.7 Å². The molecule has 32 heavy (non-hydrogen) atoms. The van der Waals surface area contributed by atoms with Gasteiger partial charge in [0.1, 0.15) is 6.10 Å². The minimum atomic E-state index is -1.62. The van der Waals surface area contributed by atoms with E-state index in [2.05, 4.69) is 0 Å². The second-order valence-corrected chi connectivity index (χ2v) is 8.18. The molecule has 0 spiro atoms. The fraction of sp³-hybridized carbons (Fsp3) is 0.826. The Morgan fingerprint density at radius 1 is 0.688 bits per heavy atom. The highest BCUT2D eigenvalue weighted by atomic mass is 16.7. The molecule has 0 saturated carbocycles. The summed E-state index contributed by atoms with van der Waals surface area (Å²) in [6.07, 6.45) is -1.75. The van der Waals surface area contributed by atoms with Gasteiger partial charge in [0, 0.05) is 25.7 Å². The van der Waals surface area contributed by atoms with E-state index in [-0.39, 0.29) is 25.7 Å². The molecule has 1 fully saturated rings. The van der Waals surface area contributed by atoms with Gasteiger partial charge in [0.15, 0.2) is 11.7 Å². The molecule has 0 aromatic rings. The maximum atomic E-state index is 12.5. The zero-order valence-electron chi connectivity index (χ0n) is 20.1. The average Bonchev–Trinajstić information content (AvgIpc) is 2.69. The van der Waals surface area contributed by atoms with Crippen molar-refractivity contribution in [2.45, 2.75) is 123 Å². The lowest BCUT2D eigenvalue weighted by molar-refractivity contribution is -0.320. The van der Waals surface area contributed by atoms with Gasteiger partial charge in [-0.15, -0.1) is 0 Å². The van der Waals surface area contributed by atoms with Crippen LogP contribution in [0.1, 0.15) is 92.9 Å². The molecule has 9 heteroatoms. The van der Waals surface area contributed by atoms with Crippen LogP contribution >= 0.6 is 0 Å². The van der Waals surface area contributed by atoms with Crippen molar-refractivity contribution in [2.75, 3.05) is 0 Å². The SMILES string of the molecule is CCCC(=O)OC1O[C@@H](C)[C@@H](OC(=O)CCC)C(C)(OC(=O)CCC)[C@@H]1OC(=O)CCC. The van der Waals surface area contributed by atoms with Gasteiger partial charge in [0.05, 0.1) is 0 Å². The van der Waals surface area contributed by atoms with Gasteiger partial charge in [-0.05, 0) is 39.5 Å². The topological polar surface area (TPSA) is 114 Å². The van der Waals surface area contributed by atoms with Crippen LogP contribution in [0, 0.1) is 0 Å². The third kappa shape index (κ3) is 7.76. The Bertz CT molecular complexity index is 647. The predicted octanol–water partition coefficient (Wildman–Crippen LogP) is 3.60. The number of carbonyl (C=O) groups is 4. The third-order valence-electron chi connectivity index (χ3n) is 5.07. The lowest BCUT2D eigenvalue weighted by atomic mass is 9.85. The molecule has 0 aromatic heterocycles. The van der Waals surface area contributed by atoms with Gasteiger partial charge in [-0.3, -0.25) is 19.2 Å². The van der Waals surface area contributed by atoms with Crippen molar-refractivity contribution in [2.24, 2.45) is 0 Å². The molecular weight excluding hydrogens is 420 g/mol. The van der Waals surface area contributed by atoms with E-state index in [9.17, 15) is 19.2 Å². The van der Waals surface area contributed by atoms with Crippen LogP contribution in [-0.2, 0) is 42.9 Å². The van der Waals surface area contributed by atoms with Crippen LogP contribution in [0.25, 0.3) is 0 Å². The molecule has 1 heterocycles. The molecule has 9 nitrogen and oxygen atoms in total. The summed E-state index contributed by atoms with van der Waals surface area (Å²) in [5, 5.41) is 0. The fourth-order valence-electron chi connectivity index (χ4n) is 3.55. The molecule has 184 valence electrons. The van der Waals surface area contributed by atoms with E-state index in [1.54, 1.807) is 6.92 Å². The summed E-state index contributed by atoms with van der Waals surface area (Å²) in [6.45, 7) is 10.4. The Balaban J connectivity index is 3.40. The highest BCUT2D eigenvalue weighted by molar-refractivity contribution is 5.72. The summed E-state index contributed by atoms with van der Waals surface area (Å²) in [6, 6.07) is 0. The maximum absolute atomic E-state index is 12.5. The lowest BCUT2D eigenvalue weighted by Crippen LogP contribution is -2.68. The normalized spacial score (nSPS) is 27.3. The minimum absolute atomic E-state index is 0.112. The molecule has 0 radical (unpaired) electrons. The van der Waals surface area contributed by atoms with E-state index in [0.29, 0.717) is 25.7 Å². The highest BCUT2D eigenvalue weighted by Crippen LogP contribution is 2.38. The smallest absolute Gasteiger partial charge is 0.308 e. The van der Waals surface area contributed by atoms with Gasteiger partial charge in [-0.2, -0.15) is 0 Å². The van der Waals surface area contributed by atoms with Crippen LogP contribution in [0.2, 0.25) is 0 Å². The molecule has 2 unspecified atom stereocenters. The number of rotatable bonds is 12. The molecule has 0 aromatic carbocycles. The van der Waals surface area contributed by atoms with E-state index in [0.717, 1.165) is 0 Å². The molecule has 0 aliphatic carbocycles. The van der Waals surface area contributed by atoms with E-state index in [1.807, 2.05) is 27.7 Å². The zero-order chi connectivity index (χ0) is 24.3. The molecule has 1 rings (SSSR count). The standard InChI is InChI=1S/C23H38O9/c1-7-11-16(24)29-20-15(5)28-22(31-18(26)13-9-3)21(30-17(25)12-8-2)23(20,6)32-19(27)14-10-4/h15,20-22H,7-14H2,1-6H3/t15-,20+,21+,22?,23?/m0/s1. The van der Waals surface area contributed by atoms with Gasteiger partial charge in [0.2, 0.25) is 12.4 Å². The largest absolute Gasteiger partial charge is 0.455 e. The molecule has 0 amide bonds. The monoisotopic (exact) mass is 458 g/mol. The molecule has 1 saturated heterocycles. The molecule has 1 aliphatic heterocycles. The van der Waals surface area contributed by atoms with Crippen molar-refractivity contribution < 1.29 is 42.9 Å². The fourth-order valence-corrected chi connectivity index (χ4v) is 3.55. The summed E-state index contributed by atoms with van der Waals surface area (Å²) in [7, 11) is 0. The summed E-state index contributed by atoms with van der Waals surface area (Å²) < 4.78 is 28.3. The van der Waals surface area contributed by atoms with Gasteiger partial charge in [-0.25, -0.2) is 0 Å². The van der Waals surface area contributed by atoms with E-state index in [4.69, 9.17) is 23.7 Å². The molecule has 1 aliphatic rings. The number of hydrogen-bond acceptors (Lipinski definition) is 9. The van der Waals surface area contributed by atoms with Crippen molar-refractivity contribution in [3.63, 3.8) is 0 Å². The summed E-state index contributed by atoms with van der Waals surface area (Å²) in [4.78, 5) is 49.5. The van der Waals surface area contributed by atoms with Crippen LogP contribution in [-0.4, -0.2) is 54.1 Å². The van der Waals surface area contributed by atoms with Crippen molar-refractivity contribution in [3.05, 3.63) is 0 Å². The first-order valence-electron chi connectivity index (χ1n) is 11.6. The molecule has 5 atom stereocenters. The first-order valence-corrected chi connectivity index (χ1v) is 11.6. The predicted molar refractivity (Wildman–Crippen MR) is 114 cm³/mol. The average molecular weight is 459 g/mol. The third-order valence-corrected chi connectivity index (χ3v) is 5.07. The van der Waals surface area contributed by atoms with E-state index in [1.165, 1.54) is 6.92 Å². The number of esters is 4. The number of ether oxygens (including phenoxy) is 5. The quantitative estimate of drug-likeness (QED) is 0.319. The van der Waals surface area contributed by atoms with Crippen molar-refractivity contribution >= 4 is 23.9 Å². The van der Waals surface area contributed by atoms with Crippen LogP contribution in [0.5, 0.6) is 0 Å². The number of carbonyl (C=O) groups excluding carboxylic acids is 4. The summed E-state index contributed by atoms with van der Waals surface area (Å²) >= 11 is 0. The van der Waals surface area contributed by atoms with E-state index < -0.39 is 54.1 Å². The summed E-state index contributed by atoms with van der Waals surface area (Å²) in [5.74, 6) is -2.14. The second-order valence-electron chi connectivity index (χ2n) is 8.18. The Morgan fingerprint density at radius 3 is 1.56 bits per heavy atom. The molecule has 0 bridgehead atoms. The van der Waals surface area contributed by atoms with Gasteiger partial charge in [-0.1, -0.05) is 27.7 Å². The Hall–Kier alpha value is -2.16. The van der Waals surface area contributed by atoms with E-state index >= 15 is 0 Å². The van der Waals surface area contributed by atoms with Crippen LogP contribution in [0.3, 0.4) is 0 Å².